The standard InChI is InChI=1S/C15H21F3N2O/c1-3-19-9-11-4-5-13(12(8-11)15(16,17)18)20-7-6-14(2,21)10-20/h4-5,8,19,21H,3,6-7,9-10H2,1-2H3. The molecule has 0 spiro atoms. The van der Waals surface area contributed by atoms with Crippen LogP contribution < -0.4 is 10.2 Å². The maximum Gasteiger partial charge on any atom is 0.418 e. The van der Waals surface area contributed by atoms with Gasteiger partial charge in [-0.05, 0) is 37.6 Å². The third kappa shape index (κ3) is 3.89. The molecule has 0 radical (unpaired) electrons. The van der Waals surface area contributed by atoms with Crippen molar-refractivity contribution < 1.29 is 18.3 Å². The molecule has 21 heavy (non-hydrogen) atoms. The Morgan fingerprint density at radius 3 is 2.62 bits per heavy atom. The number of anilines is 1. The summed E-state index contributed by atoms with van der Waals surface area (Å²) in [5, 5.41) is 13.0. The van der Waals surface area contributed by atoms with Gasteiger partial charge in [-0.3, -0.25) is 0 Å². The molecular formula is C15H21F3N2O. The summed E-state index contributed by atoms with van der Waals surface area (Å²) in [5.74, 6) is 0. The minimum atomic E-state index is -4.40. The van der Waals surface area contributed by atoms with Crippen LogP contribution in [0.3, 0.4) is 0 Å². The van der Waals surface area contributed by atoms with E-state index in [0.29, 0.717) is 31.6 Å². The number of hydrogen-bond donors (Lipinski definition) is 2. The van der Waals surface area contributed by atoms with Gasteiger partial charge in [0.25, 0.3) is 0 Å². The SMILES string of the molecule is CCNCc1ccc(N2CCC(C)(O)C2)c(C(F)(F)F)c1. The summed E-state index contributed by atoms with van der Waals surface area (Å²) < 4.78 is 39.9. The Labute approximate surface area is 122 Å². The summed E-state index contributed by atoms with van der Waals surface area (Å²) >= 11 is 0. The predicted octanol–water partition coefficient (Wildman–Crippen LogP) is 2.78. The van der Waals surface area contributed by atoms with E-state index in [4.69, 9.17) is 0 Å². The molecule has 1 saturated heterocycles. The van der Waals surface area contributed by atoms with Gasteiger partial charge in [-0.15, -0.1) is 0 Å². The molecule has 1 heterocycles. The monoisotopic (exact) mass is 302 g/mol. The van der Waals surface area contributed by atoms with Gasteiger partial charge in [0.05, 0.1) is 11.2 Å². The number of nitrogens with zero attached hydrogens (tertiary/aromatic N) is 1. The van der Waals surface area contributed by atoms with E-state index < -0.39 is 17.3 Å². The van der Waals surface area contributed by atoms with Crippen LogP contribution in [0, 0.1) is 0 Å². The van der Waals surface area contributed by atoms with E-state index in [2.05, 4.69) is 5.32 Å². The molecule has 0 bridgehead atoms. The van der Waals surface area contributed by atoms with Crippen LogP contribution in [0.2, 0.25) is 0 Å². The van der Waals surface area contributed by atoms with Crippen LogP contribution in [0.15, 0.2) is 18.2 Å². The van der Waals surface area contributed by atoms with Gasteiger partial charge in [0.1, 0.15) is 0 Å². The molecule has 1 aliphatic heterocycles. The Morgan fingerprint density at radius 2 is 2.10 bits per heavy atom. The molecule has 1 aliphatic rings. The number of halogens is 3. The van der Waals surface area contributed by atoms with E-state index in [0.717, 1.165) is 0 Å². The number of rotatable bonds is 4. The minimum Gasteiger partial charge on any atom is -0.388 e. The first-order chi connectivity index (χ1) is 9.73. The Kier molecular flexibility index (Phi) is 4.49. The zero-order valence-electron chi connectivity index (χ0n) is 12.3. The Bertz CT molecular complexity index is 500. The fourth-order valence-electron chi connectivity index (χ4n) is 2.62. The van der Waals surface area contributed by atoms with Gasteiger partial charge in [0.2, 0.25) is 0 Å². The van der Waals surface area contributed by atoms with E-state index in [1.807, 2.05) is 6.92 Å². The van der Waals surface area contributed by atoms with Crippen LogP contribution in [0.5, 0.6) is 0 Å². The molecule has 1 aromatic carbocycles. The fraction of sp³-hybridized carbons (Fsp3) is 0.600. The van der Waals surface area contributed by atoms with Crippen LogP contribution in [-0.2, 0) is 12.7 Å². The summed E-state index contributed by atoms with van der Waals surface area (Å²) in [7, 11) is 0. The largest absolute Gasteiger partial charge is 0.418 e. The van der Waals surface area contributed by atoms with Crippen molar-refractivity contribution in [3.63, 3.8) is 0 Å². The first-order valence-electron chi connectivity index (χ1n) is 7.11. The van der Waals surface area contributed by atoms with Gasteiger partial charge >= 0.3 is 6.18 Å². The van der Waals surface area contributed by atoms with Crippen molar-refractivity contribution in [1.29, 1.82) is 0 Å². The lowest BCUT2D eigenvalue weighted by molar-refractivity contribution is -0.137. The average molecular weight is 302 g/mol. The minimum absolute atomic E-state index is 0.153. The quantitative estimate of drug-likeness (QED) is 0.898. The molecule has 1 atom stereocenters. The zero-order chi connectivity index (χ0) is 15.7. The number of aliphatic hydroxyl groups is 1. The fourth-order valence-corrected chi connectivity index (χ4v) is 2.62. The van der Waals surface area contributed by atoms with Crippen LogP contribution in [0.1, 0.15) is 31.4 Å². The van der Waals surface area contributed by atoms with E-state index >= 15 is 0 Å². The molecule has 1 aromatic rings. The van der Waals surface area contributed by atoms with Gasteiger partial charge in [0.15, 0.2) is 0 Å². The summed E-state index contributed by atoms with van der Waals surface area (Å²) in [6.45, 7) is 5.34. The van der Waals surface area contributed by atoms with Crippen molar-refractivity contribution in [3.05, 3.63) is 29.3 Å². The molecule has 0 aromatic heterocycles. The molecule has 1 fully saturated rings. The first kappa shape index (κ1) is 16.1. The Hall–Kier alpha value is -1.27. The van der Waals surface area contributed by atoms with Crippen molar-refractivity contribution in [3.8, 4) is 0 Å². The second-order valence-electron chi connectivity index (χ2n) is 5.80. The molecule has 1 unspecified atom stereocenters. The summed E-state index contributed by atoms with van der Waals surface area (Å²) in [4.78, 5) is 1.61. The molecule has 3 nitrogen and oxygen atoms in total. The Morgan fingerprint density at radius 1 is 1.38 bits per heavy atom. The highest BCUT2D eigenvalue weighted by molar-refractivity contribution is 5.57. The van der Waals surface area contributed by atoms with Crippen molar-refractivity contribution in [2.75, 3.05) is 24.5 Å². The number of β-amino-alcohol motifs (C(OH)–C–C–N with tert-alkyl or cyclic N) is 1. The highest BCUT2D eigenvalue weighted by Crippen LogP contribution is 2.39. The number of benzene rings is 1. The Balaban J connectivity index is 2.32. The molecule has 2 N–H and O–H groups in total. The maximum atomic E-state index is 13.3. The molecule has 118 valence electrons. The normalized spacial score (nSPS) is 22.9. The van der Waals surface area contributed by atoms with Gasteiger partial charge in [-0.25, -0.2) is 0 Å². The van der Waals surface area contributed by atoms with Crippen molar-refractivity contribution in [1.82, 2.24) is 5.32 Å². The molecule has 0 amide bonds. The van der Waals surface area contributed by atoms with E-state index in [1.54, 1.807) is 17.9 Å². The predicted molar refractivity (Wildman–Crippen MR) is 76.3 cm³/mol. The van der Waals surface area contributed by atoms with E-state index in [1.165, 1.54) is 12.1 Å². The van der Waals surface area contributed by atoms with Crippen LogP contribution in [0.25, 0.3) is 0 Å². The van der Waals surface area contributed by atoms with Crippen LogP contribution >= 0.6 is 0 Å². The molecular weight excluding hydrogens is 281 g/mol. The number of nitrogens with one attached hydrogen (secondary N) is 1. The summed E-state index contributed by atoms with van der Waals surface area (Å²) in [5.41, 5.74) is -0.791. The maximum absolute atomic E-state index is 13.3. The second kappa shape index (κ2) is 5.85. The lowest BCUT2D eigenvalue weighted by atomic mass is 10.1. The van der Waals surface area contributed by atoms with Crippen LogP contribution in [-0.4, -0.2) is 30.3 Å². The molecule has 2 rings (SSSR count). The smallest absolute Gasteiger partial charge is 0.388 e. The van der Waals surface area contributed by atoms with Crippen molar-refractivity contribution in [2.45, 2.75) is 38.6 Å². The van der Waals surface area contributed by atoms with Crippen molar-refractivity contribution in [2.24, 2.45) is 0 Å². The van der Waals surface area contributed by atoms with Crippen molar-refractivity contribution >= 4 is 5.69 Å². The van der Waals surface area contributed by atoms with Gasteiger partial charge in [-0.2, -0.15) is 13.2 Å². The van der Waals surface area contributed by atoms with Gasteiger partial charge in [0, 0.05) is 25.3 Å². The highest BCUT2D eigenvalue weighted by atomic mass is 19.4. The highest BCUT2D eigenvalue weighted by Gasteiger charge is 2.38. The first-order valence-corrected chi connectivity index (χ1v) is 7.11. The lowest BCUT2D eigenvalue weighted by Gasteiger charge is -2.25. The third-order valence-corrected chi connectivity index (χ3v) is 3.74. The summed E-state index contributed by atoms with van der Waals surface area (Å²) in [6.07, 6.45) is -3.92. The lowest BCUT2D eigenvalue weighted by Crippen LogP contribution is -2.30. The number of hydrogen-bond acceptors (Lipinski definition) is 3. The van der Waals surface area contributed by atoms with Gasteiger partial charge < -0.3 is 15.3 Å². The topological polar surface area (TPSA) is 35.5 Å². The molecule has 6 heteroatoms. The van der Waals surface area contributed by atoms with Crippen LogP contribution in [0.4, 0.5) is 18.9 Å². The third-order valence-electron chi connectivity index (χ3n) is 3.74. The second-order valence-corrected chi connectivity index (χ2v) is 5.80. The van der Waals surface area contributed by atoms with E-state index in [9.17, 15) is 18.3 Å². The zero-order valence-corrected chi connectivity index (χ0v) is 12.3. The molecule has 0 aliphatic carbocycles. The summed E-state index contributed by atoms with van der Waals surface area (Å²) in [6, 6.07) is 4.42. The number of alkyl halides is 3. The molecule has 0 saturated carbocycles. The average Bonchev–Trinajstić information content (AvgIpc) is 2.75. The van der Waals surface area contributed by atoms with E-state index in [-0.39, 0.29) is 12.2 Å². The van der Waals surface area contributed by atoms with Gasteiger partial charge in [-0.1, -0.05) is 13.0 Å².